The van der Waals surface area contributed by atoms with Crippen LogP contribution in [0, 0.1) is 5.82 Å². The number of nitrogens with zero attached hydrogens (tertiary/aromatic N) is 2. The first kappa shape index (κ1) is 18.7. The van der Waals surface area contributed by atoms with E-state index in [9.17, 15) is 18.8 Å². The molecule has 0 aromatic heterocycles. The van der Waals surface area contributed by atoms with Gasteiger partial charge in [-0.3, -0.25) is 14.4 Å². The van der Waals surface area contributed by atoms with Gasteiger partial charge in [-0.2, -0.15) is 0 Å². The number of nitrogens with two attached hydrogens (primary N) is 1. The lowest BCUT2D eigenvalue weighted by atomic mass is 10.3. The van der Waals surface area contributed by atoms with Crippen molar-refractivity contribution >= 4 is 17.7 Å². The van der Waals surface area contributed by atoms with Crippen LogP contribution in [-0.4, -0.2) is 73.4 Å². The molecule has 8 nitrogen and oxygen atoms in total. The third-order valence-electron chi connectivity index (χ3n) is 3.78. The highest BCUT2D eigenvalue weighted by atomic mass is 19.1. The zero-order chi connectivity index (χ0) is 18.2. The van der Waals surface area contributed by atoms with Gasteiger partial charge in [0.1, 0.15) is 11.6 Å². The number of hydrogen-bond donors (Lipinski definition) is 2. The van der Waals surface area contributed by atoms with Crippen LogP contribution < -0.4 is 15.8 Å². The Kier molecular flexibility index (Phi) is 6.70. The van der Waals surface area contributed by atoms with E-state index in [0.717, 1.165) is 0 Å². The third kappa shape index (κ3) is 5.71. The van der Waals surface area contributed by atoms with Crippen molar-refractivity contribution in [1.82, 2.24) is 15.1 Å². The minimum Gasteiger partial charge on any atom is -0.484 e. The molecule has 0 unspecified atom stereocenters. The highest BCUT2D eigenvalue weighted by Crippen LogP contribution is 2.11. The van der Waals surface area contributed by atoms with Gasteiger partial charge in [0.05, 0.1) is 13.1 Å². The van der Waals surface area contributed by atoms with Crippen molar-refractivity contribution in [3.8, 4) is 5.75 Å². The number of carbonyl (C=O) groups excluding carboxylic acids is 3. The second kappa shape index (κ2) is 8.97. The van der Waals surface area contributed by atoms with Crippen LogP contribution in [0.25, 0.3) is 0 Å². The van der Waals surface area contributed by atoms with Crippen molar-refractivity contribution in [2.24, 2.45) is 5.73 Å². The molecule has 9 heteroatoms. The Bertz CT molecular complexity index is 615. The molecule has 1 aliphatic heterocycles. The monoisotopic (exact) mass is 352 g/mol. The fraction of sp³-hybridized carbons (Fsp3) is 0.438. The maximum atomic E-state index is 12.8. The number of amides is 3. The van der Waals surface area contributed by atoms with Crippen molar-refractivity contribution in [2.75, 3.05) is 45.9 Å². The summed E-state index contributed by atoms with van der Waals surface area (Å²) in [6.07, 6.45) is 0. The van der Waals surface area contributed by atoms with Crippen molar-refractivity contribution < 1.29 is 23.5 Å². The predicted molar refractivity (Wildman–Crippen MR) is 87.1 cm³/mol. The Morgan fingerprint density at radius 3 is 2.16 bits per heavy atom. The van der Waals surface area contributed by atoms with E-state index >= 15 is 0 Å². The van der Waals surface area contributed by atoms with Crippen LogP contribution in [0.2, 0.25) is 0 Å². The second-order valence-electron chi connectivity index (χ2n) is 5.49. The van der Waals surface area contributed by atoms with E-state index in [2.05, 4.69) is 5.32 Å². The molecule has 0 radical (unpaired) electrons. The molecule has 136 valence electrons. The van der Waals surface area contributed by atoms with E-state index in [1.165, 1.54) is 24.3 Å². The zero-order valence-electron chi connectivity index (χ0n) is 13.7. The smallest absolute Gasteiger partial charge is 0.260 e. The molecule has 0 saturated carbocycles. The molecule has 0 spiro atoms. The fourth-order valence-electron chi connectivity index (χ4n) is 2.33. The highest BCUT2D eigenvalue weighted by molar-refractivity contribution is 5.85. The minimum absolute atomic E-state index is 0.0995. The van der Waals surface area contributed by atoms with Crippen LogP contribution >= 0.6 is 0 Å². The van der Waals surface area contributed by atoms with Gasteiger partial charge in [0.25, 0.3) is 5.91 Å². The van der Waals surface area contributed by atoms with Gasteiger partial charge < -0.3 is 25.6 Å². The second-order valence-corrected chi connectivity index (χ2v) is 5.49. The molecule has 1 aromatic rings. The number of rotatable bonds is 6. The lowest BCUT2D eigenvalue weighted by Crippen LogP contribution is -2.53. The molecule has 0 bridgehead atoms. The molecule has 0 atom stereocenters. The molecule has 25 heavy (non-hydrogen) atoms. The van der Waals surface area contributed by atoms with E-state index in [-0.39, 0.29) is 43.2 Å². The molecule has 1 saturated heterocycles. The first-order chi connectivity index (χ1) is 12.0. The Morgan fingerprint density at radius 1 is 1.04 bits per heavy atom. The average molecular weight is 352 g/mol. The number of nitrogens with one attached hydrogen (secondary N) is 1. The lowest BCUT2D eigenvalue weighted by molar-refractivity contribution is -0.140. The standard InChI is InChI=1S/C16H21FN4O4/c17-12-1-3-13(4-2-12)25-11-16(24)21-7-5-20(6-8-21)15(23)10-19-14(22)9-18/h1-4H,5-11,18H2,(H,19,22). The summed E-state index contributed by atoms with van der Waals surface area (Å²) < 4.78 is 18.1. The van der Waals surface area contributed by atoms with E-state index in [4.69, 9.17) is 10.5 Å². The quantitative estimate of drug-likeness (QED) is 0.680. The van der Waals surface area contributed by atoms with Gasteiger partial charge in [0.2, 0.25) is 11.8 Å². The summed E-state index contributed by atoms with van der Waals surface area (Å²) in [6.45, 7) is 1.15. The van der Waals surface area contributed by atoms with E-state index < -0.39 is 0 Å². The summed E-state index contributed by atoms with van der Waals surface area (Å²) in [7, 11) is 0. The Morgan fingerprint density at radius 2 is 1.60 bits per heavy atom. The molecule has 1 aromatic carbocycles. The van der Waals surface area contributed by atoms with Crippen molar-refractivity contribution in [2.45, 2.75) is 0 Å². The van der Waals surface area contributed by atoms with Crippen LogP contribution in [0.3, 0.4) is 0 Å². The third-order valence-corrected chi connectivity index (χ3v) is 3.78. The predicted octanol–water partition coefficient (Wildman–Crippen LogP) is -1.05. The van der Waals surface area contributed by atoms with Gasteiger partial charge in [-0.1, -0.05) is 0 Å². The number of halogens is 1. The van der Waals surface area contributed by atoms with Gasteiger partial charge in [0, 0.05) is 26.2 Å². The maximum Gasteiger partial charge on any atom is 0.260 e. The van der Waals surface area contributed by atoms with Gasteiger partial charge >= 0.3 is 0 Å². The van der Waals surface area contributed by atoms with Crippen molar-refractivity contribution in [1.29, 1.82) is 0 Å². The molecule has 2 rings (SSSR count). The van der Waals surface area contributed by atoms with Gasteiger partial charge in [-0.05, 0) is 24.3 Å². The van der Waals surface area contributed by atoms with Crippen molar-refractivity contribution in [3.63, 3.8) is 0 Å². The van der Waals surface area contributed by atoms with E-state index in [1.54, 1.807) is 9.80 Å². The summed E-state index contributed by atoms with van der Waals surface area (Å²) in [5.41, 5.74) is 5.15. The van der Waals surface area contributed by atoms with E-state index in [1.807, 2.05) is 0 Å². The van der Waals surface area contributed by atoms with Crippen LogP contribution in [-0.2, 0) is 14.4 Å². The lowest BCUT2D eigenvalue weighted by Gasteiger charge is -2.34. The van der Waals surface area contributed by atoms with Gasteiger partial charge in [-0.15, -0.1) is 0 Å². The molecule has 3 N–H and O–H groups in total. The Balaban J connectivity index is 1.71. The SMILES string of the molecule is NCC(=O)NCC(=O)N1CCN(C(=O)COc2ccc(F)cc2)CC1. The summed E-state index contributed by atoms with van der Waals surface area (Å²) in [6, 6.07) is 5.42. The topological polar surface area (TPSA) is 105 Å². The minimum atomic E-state index is -0.389. The highest BCUT2D eigenvalue weighted by Gasteiger charge is 2.24. The summed E-state index contributed by atoms with van der Waals surface area (Å²) in [5.74, 6) is -0.759. The summed E-state index contributed by atoms with van der Waals surface area (Å²) >= 11 is 0. The van der Waals surface area contributed by atoms with Crippen LogP contribution in [0.5, 0.6) is 5.75 Å². The molecule has 1 heterocycles. The van der Waals surface area contributed by atoms with Crippen molar-refractivity contribution in [3.05, 3.63) is 30.1 Å². The summed E-state index contributed by atoms with van der Waals surface area (Å²) in [4.78, 5) is 38.3. The van der Waals surface area contributed by atoms with Crippen LogP contribution in [0.1, 0.15) is 0 Å². The Hall–Kier alpha value is -2.68. The number of piperazine rings is 1. The number of ether oxygens (including phenoxy) is 1. The number of carbonyl (C=O) groups is 3. The fourth-order valence-corrected chi connectivity index (χ4v) is 2.33. The molecule has 0 aliphatic carbocycles. The zero-order valence-corrected chi connectivity index (χ0v) is 13.7. The normalized spacial score (nSPS) is 14.2. The maximum absolute atomic E-state index is 12.8. The Labute approximate surface area is 144 Å². The molecule has 1 fully saturated rings. The summed E-state index contributed by atoms with van der Waals surface area (Å²) in [5, 5.41) is 2.42. The van der Waals surface area contributed by atoms with Gasteiger partial charge in [0.15, 0.2) is 6.61 Å². The molecule has 1 aliphatic rings. The molecule has 3 amide bonds. The first-order valence-electron chi connectivity index (χ1n) is 7.90. The van der Waals surface area contributed by atoms with Crippen LogP contribution in [0.15, 0.2) is 24.3 Å². The molecular formula is C16H21FN4O4. The molecular weight excluding hydrogens is 331 g/mol. The van der Waals surface area contributed by atoms with Gasteiger partial charge in [-0.25, -0.2) is 4.39 Å². The average Bonchev–Trinajstić information content (AvgIpc) is 2.65. The number of hydrogen-bond acceptors (Lipinski definition) is 5. The van der Waals surface area contributed by atoms with E-state index in [0.29, 0.717) is 31.9 Å². The number of benzene rings is 1. The largest absolute Gasteiger partial charge is 0.484 e. The first-order valence-corrected chi connectivity index (χ1v) is 7.90. The van der Waals surface area contributed by atoms with Crippen LogP contribution in [0.4, 0.5) is 4.39 Å².